The first-order valence-corrected chi connectivity index (χ1v) is 22.4. The van der Waals surface area contributed by atoms with Gasteiger partial charge in [0.25, 0.3) is 0 Å². The average Bonchev–Trinajstić information content (AvgIpc) is 3.90. The zero-order valence-electron chi connectivity index (χ0n) is 34.2. The lowest BCUT2D eigenvalue weighted by molar-refractivity contribution is 1.19. The second kappa shape index (κ2) is 14.3. The van der Waals surface area contributed by atoms with E-state index in [0.29, 0.717) is 0 Å². The highest BCUT2D eigenvalue weighted by molar-refractivity contribution is 7.25. The summed E-state index contributed by atoms with van der Waals surface area (Å²) in [7, 11) is 0. The van der Waals surface area contributed by atoms with E-state index < -0.39 is 0 Å². The molecule has 13 rings (SSSR count). The fourth-order valence-corrected chi connectivity index (χ4v) is 11.0. The Morgan fingerprint density at radius 2 is 0.825 bits per heavy atom. The van der Waals surface area contributed by atoms with Crippen molar-refractivity contribution in [2.75, 3.05) is 4.90 Å². The largest absolute Gasteiger partial charge is 0.310 e. The molecule has 0 atom stereocenters. The predicted molar refractivity (Wildman–Crippen MR) is 272 cm³/mol. The summed E-state index contributed by atoms with van der Waals surface area (Å²) < 4.78 is 5.05. The summed E-state index contributed by atoms with van der Waals surface area (Å²) in [6.45, 7) is 0. The molecule has 2 aromatic heterocycles. The number of para-hydroxylation sites is 1. The van der Waals surface area contributed by atoms with Crippen molar-refractivity contribution >= 4 is 103 Å². The molecule has 0 N–H and O–H groups in total. The molecule has 0 fully saturated rings. The molecular formula is C60H38N2S. The summed E-state index contributed by atoms with van der Waals surface area (Å²) in [6.07, 6.45) is 0. The van der Waals surface area contributed by atoms with Gasteiger partial charge in [0.1, 0.15) is 0 Å². The Kier molecular flexibility index (Phi) is 8.12. The van der Waals surface area contributed by atoms with Crippen molar-refractivity contribution in [1.82, 2.24) is 4.57 Å². The van der Waals surface area contributed by atoms with Gasteiger partial charge in [-0.2, -0.15) is 0 Å². The van der Waals surface area contributed by atoms with Gasteiger partial charge in [0.05, 0.1) is 11.0 Å². The number of hydrogen-bond acceptors (Lipinski definition) is 2. The van der Waals surface area contributed by atoms with Crippen LogP contribution in [0.3, 0.4) is 0 Å². The zero-order chi connectivity index (χ0) is 41.4. The zero-order valence-corrected chi connectivity index (χ0v) is 35.1. The van der Waals surface area contributed by atoms with Crippen molar-refractivity contribution in [1.29, 1.82) is 0 Å². The Morgan fingerprint density at radius 3 is 1.59 bits per heavy atom. The molecule has 0 bridgehead atoms. The van der Waals surface area contributed by atoms with Crippen molar-refractivity contribution < 1.29 is 0 Å². The molecule has 0 amide bonds. The maximum absolute atomic E-state index is 2.44. The van der Waals surface area contributed by atoms with Crippen molar-refractivity contribution in [3.05, 3.63) is 231 Å². The number of hydrogen-bond donors (Lipinski definition) is 0. The van der Waals surface area contributed by atoms with Crippen molar-refractivity contribution in [3.63, 3.8) is 0 Å². The van der Waals surface area contributed by atoms with Crippen LogP contribution in [0.25, 0.3) is 102 Å². The molecule has 0 spiro atoms. The SMILES string of the molecule is c1ccc(-n2c3cc(-c4ccc(N(c5ccc(-c6ccc7c(ccc8ccccc87)c6)cc5)c5ccc6sc7ccccc7c6c5)cc4)ccc3c3ccc4ccccc4c32)cc1. The molecule has 0 unspecified atom stereocenters. The van der Waals surface area contributed by atoms with Crippen LogP contribution in [-0.2, 0) is 0 Å². The number of rotatable bonds is 6. The molecule has 0 radical (unpaired) electrons. The molecule has 13 aromatic rings. The summed E-state index contributed by atoms with van der Waals surface area (Å²) in [6, 6.07) is 84.8. The van der Waals surface area contributed by atoms with Crippen molar-refractivity contribution in [3.8, 4) is 27.9 Å². The third-order valence-electron chi connectivity index (χ3n) is 12.9. The third-order valence-corrected chi connectivity index (χ3v) is 14.1. The molecule has 11 aromatic carbocycles. The van der Waals surface area contributed by atoms with Crippen molar-refractivity contribution in [2.45, 2.75) is 0 Å². The van der Waals surface area contributed by atoms with E-state index in [2.05, 4.69) is 240 Å². The molecule has 294 valence electrons. The minimum Gasteiger partial charge on any atom is -0.310 e. The lowest BCUT2D eigenvalue weighted by Crippen LogP contribution is -2.09. The summed E-state index contributed by atoms with van der Waals surface area (Å²) in [5, 5.41) is 12.7. The lowest BCUT2D eigenvalue weighted by atomic mass is 9.97. The molecule has 0 saturated carbocycles. The fourth-order valence-electron chi connectivity index (χ4n) is 9.90. The van der Waals surface area contributed by atoms with E-state index >= 15 is 0 Å². The number of fused-ring (bicyclic) bond motifs is 11. The number of benzene rings is 11. The Bertz CT molecular complexity index is 3900. The van der Waals surface area contributed by atoms with E-state index in [1.807, 2.05) is 11.3 Å². The lowest BCUT2D eigenvalue weighted by Gasteiger charge is -2.26. The van der Waals surface area contributed by atoms with Crippen LogP contribution in [0.5, 0.6) is 0 Å². The molecular weight excluding hydrogens is 781 g/mol. The minimum atomic E-state index is 1.11. The van der Waals surface area contributed by atoms with Gasteiger partial charge in [0.15, 0.2) is 0 Å². The van der Waals surface area contributed by atoms with Gasteiger partial charge in [-0.1, -0.05) is 158 Å². The Balaban J connectivity index is 0.920. The van der Waals surface area contributed by atoms with Crippen LogP contribution in [-0.4, -0.2) is 4.57 Å². The smallest absolute Gasteiger partial charge is 0.0619 e. The number of anilines is 3. The quantitative estimate of drug-likeness (QED) is 0.152. The first-order valence-electron chi connectivity index (χ1n) is 21.6. The molecule has 3 heteroatoms. The predicted octanol–water partition coefficient (Wildman–Crippen LogP) is 17.4. The second-order valence-corrected chi connectivity index (χ2v) is 17.6. The summed E-state index contributed by atoms with van der Waals surface area (Å²) in [5.74, 6) is 0. The minimum absolute atomic E-state index is 1.11. The molecule has 2 heterocycles. The standard InChI is InChI=1S/C60H38N2S/c1-2-12-46(13-3-1)62-57-37-44(26-33-53(57)55-34-24-42-11-5-7-15-52(42)60(55)62)40-22-29-48(30-23-40)61(49-31-35-59-56(38-49)54-16-8-9-17-58(54)63-59)47-27-20-39(21-28-47)43-25-32-51-45(36-43)19-18-41-10-4-6-14-50(41)51/h1-38H. The monoisotopic (exact) mass is 818 g/mol. The van der Waals surface area contributed by atoms with Crippen LogP contribution < -0.4 is 4.90 Å². The Hall–Kier alpha value is -7.98. The van der Waals surface area contributed by atoms with Gasteiger partial charge < -0.3 is 9.47 Å². The Labute approximate surface area is 368 Å². The van der Waals surface area contributed by atoms with Gasteiger partial charge in [0.2, 0.25) is 0 Å². The fraction of sp³-hybridized carbons (Fsp3) is 0. The summed E-state index contributed by atoms with van der Waals surface area (Å²) in [4.78, 5) is 2.40. The maximum Gasteiger partial charge on any atom is 0.0619 e. The van der Waals surface area contributed by atoms with Crippen LogP contribution in [0.2, 0.25) is 0 Å². The number of aromatic nitrogens is 1. The first kappa shape index (κ1) is 35.7. The van der Waals surface area contributed by atoms with Crippen LogP contribution >= 0.6 is 11.3 Å². The maximum atomic E-state index is 2.44. The van der Waals surface area contributed by atoms with Crippen LogP contribution in [0.1, 0.15) is 0 Å². The van der Waals surface area contributed by atoms with Crippen LogP contribution in [0.4, 0.5) is 17.1 Å². The number of thiophene rings is 1. The molecule has 2 nitrogen and oxygen atoms in total. The molecule has 0 saturated heterocycles. The highest BCUT2D eigenvalue weighted by Gasteiger charge is 2.18. The molecule has 63 heavy (non-hydrogen) atoms. The summed E-state index contributed by atoms with van der Waals surface area (Å²) in [5.41, 5.74) is 11.7. The van der Waals surface area contributed by atoms with Crippen LogP contribution in [0.15, 0.2) is 231 Å². The highest BCUT2D eigenvalue weighted by atomic mass is 32.1. The van der Waals surface area contributed by atoms with E-state index in [-0.39, 0.29) is 0 Å². The normalized spacial score (nSPS) is 11.8. The van der Waals surface area contributed by atoms with E-state index in [9.17, 15) is 0 Å². The van der Waals surface area contributed by atoms with Gasteiger partial charge >= 0.3 is 0 Å². The van der Waals surface area contributed by atoms with Gasteiger partial charge in [0, 0.05) is 59.1 Å². The summed E-state index contributed by atoms with van der Waals surface area (Å²) >= 11 is 1.86. The van der Waals surface area contributed by atoms with Gasteiger partial charge in [-0.15, -0.1) is 11.3 Å². The number of nitrogens with zero attached hydrogens (tertiary/aromatic N) is 2. The van der Waals surface area contributed by atoms with Gasteiger partial charge in [-0.3, -0.25) is 0 Å². The van der Waals surface area contributed by atoms with Crippen LogP contribution in [0, 0.1) is 0 Å². The molecule has 0 aliphatic rings. The first-order chi connectivity index (χ1) is 31.2. The topological polar surface area (TPSA) is 8.17 Å². The van der Waals surface area contributed by atoms with Crippen molar-refractivity contribution in [2.24, 2.45) is 0 Å². The van der Waals surface area contributed by atoms with E-state index in [1.54, 1.807) is 0 Å². The third kappa shape index (κ3) is 5.85. The van der Waals surface area contributed by atoms with E-state index in [0.717, 1.165) is 22.7 Å². The van der Waals surface area contributed by atoms with Gasteiger partial charge in [-0.25, -0.2) is 0 Å². The van der Waals surface area contributed by atoms with E-state index in [1.165, 1.54) is 96.5 Å². The average molecular weight is 819 g/mol. The van der Waals surface area contributed by atoms with E-state index in [4.69, 9.17) is 0 Å². The Morgan fingerprint density at radius 1 is 0.302 bits per heavy atom. The van der Waals surface area contributed by atoms with Gasteiger partial charge in [-0.05, 0) is 122 Å². The highest BCUT2D eigenvalue weighted by Crippen LogP contribution is 2.43. The molecule has 0 aliphatic heterocycles. The molecule has 0 aliphatic carbocycles. The second-order valence-electron chi connectivity index (χ2n) is 16.5.